The predicted molar refractivity (Wildman–Crippen MR) is 66.9 cm³/mol. The number of hydrogen-bond acceptors (Lipinski definition) is 1. The lowest BCUT2D eigenvalue weighted by Crippen LogP contribution is -2.23. The van der Waals surface area contributed by atoms with Gasteiger partial charge >= 0.3 is 6.18 Å². The summed E-state index contributed by atoms with van der Waals surface area (Å²) < 4.78 is 37.5. The highest BCUT2D eigenvalue weighted by Crippen LogP contribution is 2.33. The number of nitrogens with one attached hydrogen (secondary N) is 1. The molecule has 0 atom stereocenters. The Morgan fingerprint density at radius 1 is 1.44 bits per heavy atom. The summed E-state index contributed by atoms with van der Waals surface area (Å²) in [5, 5.41) is 2.70. The van der Waals surface area contributed by atoms with Gasteiger partial charge in [0.1, 0.15) is 0 Å². The Morgan fingerprint density at radius 3 is 2.67 bits per heavy atom. The lowest BCUT2D eigenvalue weighted by molar-refractivity contribution is -0.137. The zero-order valence-corrected chi connectivity index (χ0v) is 10.4. The van der Waals surface area contributed by atoms with Gasteiger partial charge in [-0.2, -0.15) is 13.2 Å². The van der Waals surface area contributed by atoms with E-state index in [-0.39, 0.29) is 16.7 Å². The number of guanidine groups is 1. The zero-order chi connectivity index (χ0) is 13.8. The summed E-state index contributed by atoms with van der Waals surface area (Å²) in [7, 11) is 0. The first-order valence-corrected chi connectivity index (χ1v) is 5.66. The topological polar surface area (TPSA) is 50.4 Å². The average molecular weight is 280 g/mol. The van der Waals surface area contributed by atoms with Crippen LogP contribution in [0.15, 0.2) is 23.2 Å². The van der Waals surface area contributed by atoms with Gasteiger partial charge in [-0.1, -0.05) is 18.5 Å². The van der Waals surface area contributed by atoms with Crippen molar-refractivity contribution in [3.63, 3.8) is 0 Å². The highest BCUT2D eigenvalue weighted by molar-refractivity contribution is 6.33. The highest BCUT2D eigenvalue weighted by Gasteiger charge is 2.30. The molecule has 0 aliphatic carbocycles. The molecule has 0 radical (unpaired) electrons. The van der Waals surface area contributed by atoms with Crippen LogP contribution in [0.2, 0.25) is 5.02 Å². The fraction of sp³-hybridized carbons (Fsp3) is 0.364. The van der Waals surface area contributed by atoms with Crippen molar-refractivity contribution < 1.29 is 13.2 Å². The molecule has 0 aliphatic heterocycles. The van der Waals surface area contributed by atoms with E-state index in [1.807, 2.05) is 6.92 Å². The number of halogens is 4. The number of rotatable bonds is 3. The molecule has 1 rings (SSSR count). The maximum absolute atomic E-state index is 12.5. The molecule has 0 aliphatic rings. The van der Waals surface area contributed by atoms with E-state index in [9.17, 15) is 13.2 Å². The van der Waals surface area contributed by atoms with Gasteiger partial charge in [0.2, 0.25) is 0 Å². The second kappa shape index (κ2) is 5.95. The molecular weight excluding hydrogens is 267 g/mol. The summed E-state index contributed by atoms with van der Waals surface area (Å²) in [6.07, 6.45) is -3.63. The SMILES string of the molecule is CCCN=C(N)Nc1cc(C(F)(F)F)ccc1Cl. The third-order valence-corrected chi connectivity index (χ3v) is 2.39. The van der Waals surface area contributed by atoms with Crippen LogP contribution >= 0.6 is 11.6 Å². The molecule has 0 spiro atoms. The quantitative estimate of drug-likeness (QED) is 0.657. The molecule has 18 heavy (non-hydrogen) atoms. The minimum absolute atomic E-state index is 0.0399. The number of benzene rings is 1. The minimum atomic E-state index is -4.42. The fourth-order valence-corrected chi connectivity index (χ4v) is 1.37. The normalized spacial score (nSPS) is 12.6. The number of hydrogen-bond donors (Lipinski definition) is 2. The Hall–Kier alpha value is -1.43. The second-order valence-corrected chi connectivity index (χ2v) is 3.99. The van der Waals surface area contributed by atoms with Crippen LogP contribution < -0.4 is 11.1 Å². The van der Waals surface area contributed by atoms with Gasteiger partial charge in [0.15, 0.2) is 5.96 Å². The second-order valence-electron chi connectivity index (χ2n) is 3.58. The molecule has 0 saturated carbocycles. The smallest absolute Gasteiger partial charge is 0.370 e. The lowest BCUT2D eigenvalue weighted by Gasteiger charge is -2.11. The molecule has 3 nitrogen and oxygen atoms in total. The first-order chi connectivity index (χ1) is 8.34. The Bertz CT molecular complexity index is 444. The van der Waals surface area contributed by atoms with Crippen LogP contribution in [0.25, 0.3) is 0 Å². The van der Waals surface area contributed by atoms with Crippen LogP contribution in [-0.2, 0) is 6.18 Å². The molecule has 3 N–H and O–H groups in total. The van der Waals surface area contributed by atoms with Crippen molar-refractivity contribution in [3.8, 4) is 0 Å². The van der Waals surface area contributed by atoms with Crippen LogP contribution in [-0.4, -0.2) is 12.5 Å². The van der Waals surface area contributed by atoms with Gasteiger partial charge < -0.3 is 11.1 Å². The molecule has 7 heteroatoms. The van der Waals surface area contributed by atoms with Crippen molar-refractivity contribution in [1.29, 1.82) is 0 Å². The van der Waals surface area contributed by atoms with Crippen molar-refractivity contribution in [2.75, 3.05) is 11.9 Å². The first kappa shape index (κ1) is 14.6. The van der Waals surface area contributed by atoms with E-state index in [1.54, 1.807) is 0 Å². The van der Waals surface area contributed by atoms with E-state index in [0.29, 0.717) is 6.54 Å². The minimum Gasteiger partial charge on any atom is -0.370 e. The number of alkyl halides is 3. The molecule has 100 valence electrons. The molecular formula is C11H13ClF3N3. The summed E-state index contributed by atoms with van der Waals surface area (Å²) in [5.74, 6) is 0.0399. The van der Waals surface area contributed by atoms with Gasteiger partial charge in [-0.15, -0.1) is 0 Å². The average Bonchev–Trinajstić information content (AvgIpc) is 2.28. The van der Waals surface area contributed by atoms with Gasteiger partial charge in [0.05, 0.1) is 16.3 Å². The van der Waals surface area contributed by atoms with Crippen LogP contribution in [0.3, 0.4) is 0 Å². The largest absolute Gasteiger partial charge is 0.416 e. The molecule has 0 amide bonds. The molecule has 1 aromatic carbocycles. The Morgan fingerprint density at radius 2 is 2.11 bits per heavy atom. The van der Waals surface area contributed by atoms with Crippen molar-refractivity contribution in [2.45, 2.75) is 19.5 Å². The fourth-order valence-electron chi connectivity index (χ4n) is 1.21. The van der Waals surface area contributed by atoms with Gasteiger partial charge in [-0.25, -0.2) is 0 Å². The summed E-state index contributed by atoms with van der Waals surface area (Å²) in [6.45, 7) is 2.41. The standard InChI is InChI=1S/C11H13ClF3N3/c1-2-5-17-10(16)18-9-6-7(11(13,14)15)3-4-8(9)12/h3-4,6H,2,5H2,1H3,(H3,16,17,18). The first-order valence-electron chi connectivity index (χ1n) is 5.28. The van der Waals surface area contributed by atoms with E-state index in [2.05, 4.69) is 10.3 Å². The maximum atomic E-state index is 12.5. The summed E-state index contributed by atoms with van der Waals surface area (Å²) in [6, 6.07) is 2.98. The van der Waals surface area contributed by atoms with Crippen molar-refractivity contribution in [1.82, 2.24) is 0 Å². The Kier molecular flexibility index (Phi) is 4.84. The van der Waals surface area contributed by atoms with Crippen LogP contribution in [0.4, 0.5) is 18.9 Å². The molecule has 0 saturated heterocycles. The van der Waals surface area contributed by atoms with Crippen molar-refractivity contribution in [2.24, 2.45) is 10.7 Å². The highest BCUT2D eigenvalue weighted by atomic mass is 35.5. The molecule has 0 heterocycles. The maximum Gasteiger partial charge on any atom is 0.416 e. The van der Waals surface area contributed by atoms with Gasteiger partial charge in [0, 0.05) is 6.54 Å². The molecule has 0 unspecified atom stereocenters. The third-order valence-electron chi connectivity index (χ3n) is 2.06. The van der Waals surface area contributed by atoms with E-state index in [0.717, 1.165) is 18.6 Å². The third kappa shape index (κ3) is 4.10. The van der Waals surface area contributed by atoms with Gasteiger partial charge in [-0.3, -0.25) is 4.99 Å². The predicted octanol–water partition coefficient (Wildman–Crippen LogP) is 3.50. The zero-order valence-electron chi connectivity index (χ0n) is 9.68. The van der Waals surface area contributed by atoms with Gasteiger partial charge in [0.25, 0.3) is 0 Å². The monoisotopic (exact) mass is 279 g/mol. The van der Waals surface area contributed by atoms with Crippen molar-refractivity contribution >= 4 is 23.2 Å². The summed E-state index contributed by atoms with van der Waals surface area (Å²) >= 11 is 5.78. The van der Waals surface area contributed by atoms with Crippen LogP contribution in [0, 0.1) is 0 Å². The van der Waals surface area contributed by atoms with E-state index >= 15 is 0 Å². The number of aliphatic imine (C=N–C) groups is 1. The number of nitrogens with zero attached hydrogens (tertiary/aromatic N) is 1. The van der Waals surface area contributed by atoms with E-state index < -0.39 is 11.7 Å². The summed E-state index contributed by atoms with van der Waals surface area (Å²) in [5.41, 5.74) is 4.81. The Balaban J connectivity index is 2.95. The van der Waals surface area contributed by atoms with Crippen LogP contribution in [0.1, 0.15) is 18.9 Å². The Labute approximate surface area is 108 Å². The molecule has 0 bridgehead atoms. The van der Waals surface area contributed by atoms with Gasteiger partial charge in [-0.05, 0) is 24.6 Å². The van der Waals surface area contributed by atoms with Crippen LogP contribution in [0.5, 0.6) is 0 Å². The molecule has 1 aromatic rings. The molecule has 0 fully saturated rings. The van der Waals surface area contributed by atoms with E-state index in [1.165, 1.54) is 6.07 Å². The van der Waals surface area contributed by atoms with Crippen molar-refractivity contribution in [3.05, 3.63) is 28.8 Å². The summed E-state index contributed by atoms with van der Waals surface area (Å²) in [4.78, 5) is 3.91. The number of nitrogens with two attached hydrogens (primary N) is 1. The lowest BCUT2D eigenvalue weighted by atomic mass is 10.2. The van der Waals surface area contributed by atoms with E-state index in [4.69, 9.17) is 17.3 Å². The molecule has 0 aromatic heterocycles. The number of anilines is 1.